The van der Waals surface area contributed by atoms with Crippen molar-refractivity contribution in [2.45, 2.75) is 27.0 Å². The Balaban J connectivity index is 1.62. The summed E-state index contributed by atoms with van der Waals surface area (Å²) in [5.74, 6) is -2.55. The van der Waals surface area contributed by atoms with Crippen molar-refractivity contribution in [2.75, 3.05) is 5.01 Å². The Bertz CT molecular complexity index is 1340. The normalized spacial score (nSPS) is 17.5. The molecule has 4 rings (SSSR count). The van der Waals surface area contributed by atoms with Gasteiger partial charge in [0.2, 0.25) is 5.78 Å². The van der Waals surface area contributed by atoms with Gasteiger partial charge in [-0.2, -0.15) is 5.10 Å². The second-order valence-electron chi connectivity index (χ2n) is 8.07. The predicted octanol–water partition coefficient (Wildman–Crippen LogP) is 4.18. The van der Waals surface area contributed by atoms with E-state index in [0.717, 1.165) is 11.1 Å². The van der Waals surface area contributed by atoms with E-state index in [1.165, 1.54) is 47.5 Å². The van der Waals surface area contributed by atoms with Crippen LogP contribution in [0.25, 0.3) is 11.3 Å². The molecule has 34 heavy (non-hydrogen) atoms. The number of anilines is 1. The number of aliphatic hydroxyl groups excluding tert-OH is 1. The molecule has 2 aromatic carbocycles. The number of carboxylic acids is 1. The minimum absolute atomic E-state index is 0.0656. The summed E-state index contributed by atoms with van der Waals surface area (Å²) in [5.41, 5.74) is 2.55. The van der Waals surface area contributed by atoms with Crippen LogP contribution in [-0.2, 0) is 0 Å². The maximum atomic E-state index is 13.2. The zero-order valence-electron chi connectivity index (χ0n) is 18.6. The maximum Gasteiger partial charge on any atom is 0.335 e. The van der Waals surface area contributed by atoms with E-state index in [0.29, 0.717) is 11.4 Å². The van der Waals surface area contributed by atoms with Gasteiger partial charge in [0.05, 0.1) is 27.4 Å². The molecule has 0 bridgehead atoms. The summed E-state index contributed by atoms with van der Waals surface area (Å²) >= 11 is 0. The number of nitro benzene ring substituents is 1. The highest BCUT2D eigenvalue weighted by Gasteiger charge is 2.41. The number of hydrogen-bond donors (Lipinski definition) is 2. The van der Waals surface area contributed by atoms with Gasteiger partial charge in [-0.25, -0.2) is 9.80 Å². The third-order valence-electron chi connectivity index (χ3n) is 5.85. The average Bonchev–Trinajstić information content (AvgIpc) is 3.39. The Hall–Kier alpha value is -4.31. The molecule has 174 valence electrons. The number of hydrazone groups is 1. The third-order valence-corrected chi connectivity index (χ3v) is 5.85. The summed E-state index contributed by atoms with van der Waals surface area (Å²) in [6.07, 6.45) is -1.34. The van der Waals surface area contributed by atoms with Crippen LogP contribution in [0, 0.1) is 29.9 Å². The van der Waals surface area contributed by atoms with E-state index in [9.17, 15) is 24.8 Å². The molecule has 0 spiro atoms. The van der Waals surface area contributed by atoms with Crippen LogP contribution in [-0.4, -0.2) is 38.8 Å². The van der Waals surface area contributed by atoms with Gasteiger partial charge in [-0.3, -0.25) is 14.9 Å². The first-order chi connectivity index (χ1) is 16.1. The van der Waals surface area contributed by atoms with Gasteiger partial charge in [0, 0.05) is 6.07 Å². The standard InChI is InChI=1S/C24H21N3O7/c1-12-10-17(18(27(32)33)11-13(12)2)19-8-9-20(34-19)22(28)21-14(3)25-26(23(21)29)16-6-4-15(5-7-16)24(30)31/h4-11,21,23,29H,1-3H3,(H,30,31). The van der Waals surface area contributed by atoms with E-state index in [4.69, 9.17) is 9.52 Å². The van der Waals surface area contributed by atoms with Crippen molar-refractivity contribution in [3.05, 3.63) is 81.1 Å². The number of aromatic carboxylic acids is 1. The SMILES string of the molecule is CC1=NN(c2ccc(C(=O)O)cc2)C(O)C1C(=O)c1ccc(-c2cc(C)c(C)cc2[N+](=O)[O-])o1. The second-order valence-corrected chi connectivity index (χ2v) is 8.07. The molecule has 2 atom stereocenters. The zero-order valence-corrected chi connectivity index (χ0v) is 18.6. The number of aliphatic hydroxyl groups is 1. The number of nitrogens with zero attached hydrogens (tertiary/aromatic N) is 3. The number of hydrogen-bond acceptors (Lipinski definition) is 8. The van der Waals surface area contributed by atoms with Crippen LogP contribution >= 0.6 is 0 Å². The molecule has 10 nitrogen and oxygen atoms in total. The van der Waals surface area contributed by atoms with Crippen molar-refractivity contribution < 1.29 is 29.1 Å². The van der Waals surface area contributed by atoms with E-state index >= 15 is 0 Å². The summed E-state index contributed by atoms with van der Waals surface area (Å²) in [5, 5.41) is 36.9. The quantitative estimate of drug-likeness (QED) is 0.314. The van der Waals surface area contributed by atoms with Gasteiger partial charge in [-0.1, -0.05) is 0 Å². The molecule has 2 N–H and O–H groups in total. The van der Waals surface area contributed by atoms with Crippen molar-refractivity contribution in [3.63, 3.8) is 0 Å². The Kier molecular flexibility index (Phi) is 5.76. The molecular formula is C24H21N3O7. The molecule has 1 aromatic heterocycles. The number of rotatable bonds is 6. The number of carboxylic acid groups (broad SMARTS) is 1. The van der Waals surface area contributed by atoms with Crippen LogP contribution < -0.4 is 5.01 Å². The number of aryl methyl sites for hydroxylation is 2. The Labute approximate surface area is 193 Å². The van der Waals surface area contributed by atoms with E-state index in [1.54, 1.807) is 19.9 Å². The second kappa shape index (κ2) is 8.56. The van der Waals surface area contributed by atoms with Gasteiger partial charge in [0.15, 0.2) is 12.0 Å². The Morgan fingerprint density at radius 3 is 2.32 bits per heavy atom. The van der Waals surface area contributed by atoms with Crippen LogP contribution in [0.1, 0.15) is 39.0 Å². The number of nitro groups is 1. The first-order valence-corrected chi connectivity index (χ1v) is 10.3. The Morgan fingerprint density at radius 1 is 1.06 bits per heavy atom. The fourth-order valence-electron chi connectivity index (χ4n) is 3.86. The van der Waals surface area contributed by atoms with Crippen LogP contribution in [0.5, 0.6) is 0 Å². The minimum Gasteiger partial charge on any atom is -0.478 e. The largest absolute Gasteiger partial charge is 0.478 e. The van der Waals surface area contributed by atoms with E-state index < -0.39 is 28.8 Å². The van der Waals surface area contributed by atoms with Gasteiger partial charge in [0.25, 0.3) is 5.69 Å². The van der Waals surface area contributed by atoms with Crippen molar-refractivity contribution in [1.82, 2.24) is 0 Å². The lowest BCUT2D eigenvalue weighted by atomic mass is 9.96. The lowest BCUT2D eigenvalue weighted by Crippen LogP contribution is -2.37. The number of furan rings is 1. The summed E-state index contributed by atoms with van der Waals surface area (Å²) in [6, 6.07) is 11.7. The molecular weight excluding hydrogens is 442 g/mol. The highest BCUT2D eigenvalue weighted by atomic mass is 16.6. The van der Waals surface area contributed by atoms with Crippen LogP contribution in [0.4, 0.5) is 11.4 Å². The zero-order chi connectivity index (χ0) is 24.7. The lowest BCUT2D eigenvalue weighted by Gasteiger charge is -2.22. The number of ketones is 1. The highest BCUT2D eigenvalue weighted by molar-refractivity contribution is 6.12. The molecule has 0 radical (unpaired) electrons. The van der Waals surface area contributed by atoms with Crippen LogP contribution in [0.15, 0.2) is 58.0 Å². The highest BCUT2D eigenvalue weighted by Crippen LogP contribution is 2.35. The monoisotopic (exact) mass is 463 g/mol. The molecule has 2 unspecified atom stereocenters. The minimum atomic E-state index is -1.34. The first-order valence-electron chi connectivity index (χ1n) is 10.3. The third kappa shape index (κ3) is 3.95. The molecule has 0 aliphatic carbocycles. The number of benzene rings is 2. The van der Waals surface area contributed by atoms with Crippen LogP contribution in [0.3, 0.4) is 0 Å². The summed E-state index contributed by atoms with van der Waals surface area (Å²) in [7, 11) is 0. The van der Waals surface area contributed by atoms with Gasteiger partial charge in [0.1, 0.15) is 11.7 Å². The van der Waals surface area contributed by atoms with E-state index in [2.05, 4.69) is 5.10 Å². The summed E-state index contributed by atoms with van der Waals surface area (Å²) < 4.78 is 5.71. The summed E-state index contributed by atoms with van der Waals surface area (Å²) in [6.45, 7) is 5.19. The molecule has 0 fully saturated rings. The van der Waals surface area contributed by atoms with Gasteiger partial charge in [-0.15, -0.1) is 0 Å². The smallest absolute Gasteiger partial charge is 0.335 e. The number of carbonyl (C=O) groups is 2. The predicted molar refractivity (Wildman–Crippen MR) is 123 cm³/mol. The first kappa shape index (κ1) is 22.9. The maximum absolute atomic E-state index is 13.2. The Morgan fingerprint density at radius 2 is 1.71 bits per heavy atom. The fourth-order valence-corrected chi connectivity index (χ4v) is 3.86. The van der Waals surface area contributed by atoms with Crippen molar-refractivity contribution in [2.24, 2.45) is 11.0 Å². The van der Waals surface area contributed by atoms with Crippen LogP contribution in [0.2, 0.25) is 0 Å². The van der Waals surface area contributed by atoms with Gasteiger partial charge in [-0.05, 0) is 74.4 Å². The number of Topliss-reactive ketones (excluding diaryl/α,β-unsaturated/α-hetero) is 1. The lowest BCUT2D eigenvalue weighted by molar-refractivity contribution is -0.384. The molecule has 3 aromatic rings. The molecule has 0 amide bonds. The molecule has 0 saturated carbocycles. The summed E-state index contributed by atoms with van der Waals surface area (Å²) in [4.78, 5) is 35.3. The topological polar surface area (TPSA) is 146 Å². The van der Waals surface area contributed by atoms with Gasteiger partial charge >= 0.3 is 5.97 Å². The fraction of sp³-hybridized carbons (Fsp3) is 0.208. The molecule has 2 heterocycles. The van der Waals surface area contributed by atoms with E-state index in [1.807, 2.05) is 6.92 Å². The molecule has 1 aliphatic rings. The molecule has 10 heteroatoms. The van der Waals surface area contributed by atoms with Crippen molar-refractivity contribution in [3.8, 4) is 11.3 Å². The average molecular weight is 463 g/mol. The van der Waals surface area contributed by atoms with Crippen molar-refractivity contribution >= 4 is 28.8 Å². The van der Waals surface area contributed by atoms with Crippen molar-refractivity contribution in [1.29, 1.82) is 0 Å². The molecule has 0 saturated heterocycles. The number of carbonyl (C=O) groups excluding carboxylic acids is 1. The molecule has 1 aliphatic heterocycles. The van der Waals surface area contributed by atoms with E-state index in [-0.39, 0.29) is 28.3 Å². The van der Waals surface area contributed by atoms with Gasteiger partial charge < -0.3 is 14.6 Å².